The molecule has 0 saturated carbocycles. The third kappa shape index (κ3) is 2.50. The number of nitrogens with zero attached hydrogens (tertiary/aromatic N) is 3. The SMILES string of the molecule is Cc1ccc([N+](=O)[O-])cc1N1CC(c2n[nH]c(=S)o2)CC1=O. The van der Waals surface area contributed by atoms with E-state index in [0.717, 1.165) is 5.56 Å². The van der Waals surface area contributed by atoms with Gasteiger partial charge in [-0.3, -0.25) is 14.9 Å². The number of nitro benzene ring substituents is 1. The number of non-ortho nitro benzene ring substituents is 1. The van der Waals surface area contributed by atoms with Crippen LogP contribution in [0.15, 0.2) is 22.6 Å². The van der Waals surface area contributed by atoms with Crippen molar-refractivity contribution in [1.29, 1.82) is 0 Å². The maximum Gasteiger partial charge on any atom is 0.284 e. The lowest BCUT2D eigenvalue weighted by atomic mass is 10.1. The monoisotopic (exact) mass is 320 g/mol. The maximum atomic E-state index is 12.2. The quantitative estimate of drug-likeness (QED) is 0.529. The van der Waals surface area contributed by atoms with Crippen molar-refractivity contribution in [3.05, 3.63) is 44.6 Å². The lowest BCUT2D eigenvalue weighted by Crippen LogP contribution is -2.25. The Hall–Kier alpha value is -2.55. The van der Waals surface area contributed by atoms with Gasteiger partial charge in [-0.1, -0.05) is 6.07 Å². The number of carbonyl (C=O) groups excluding carboxylic acids is 1. The van der Waals surface area contributed by atoms with Gasteiger partial charge >= 0.3 is 0 Å². The Kier molecular flexibility index (Phi) is 3.49. The molecule has 1 aliphatic heterocycles. The molecule has 1 fully saturated rings. The van der Waals surface area contributed by atoms with Crippen molar-refractivity contribution in [2.24, 2.45) is 0 Å². The van der Waals surface area contributed by atoms with Crippen LogP contribution in [0.25, 0.3) is 0 Å². The molecule has 114 valence electrons. The minimum atomic E-state index is -0.479. The summed E-state index contributed by atoms with van der Waals surface area (Å²) in [7, 11) is 0. The van der Waals surface area contributed by atoms with Crippen molar-refractivity contribution < 1.29 is 14.1 Å². The molecule has 1 aliphatic rings. The summed E-state index contributed by atoms with van der Waals surface area (Å²) in [6, 6.07) is 4.47. The van der Waals surface area contributed by atoms with E-state index in [1.165, 1.54) is 17.0 Å². The highest BCUT2D eigenvalue weighted by Gasteiger charge is 2.35. The van der Waals surface area contributed by atoms with Crippen LogP contribution in [0.3, 0.4) is 0 Å². The average Bonchev–Trinajstić information content (AvgIpc) is 3.05. The summed E-state index contributed by atoms with van der Waals surface area (Å²) >= 11 is 4.83. The third-order valence-electron chi connectivity index (χ3n) is 3.62. The summed E-state index contributed by atoms with van der Waals surface area (Å²) in [6.07, 6.45) is 0.227. The van der Waals surface area contributed by atoms with Gasteiger partial charge in [-0.25, -0.2) is 5.10 Å². The van der Waals surface area contributed by atoms with Crippen LogP contribution in [0.2, 0.25) is 0 Å². The number of nitro groups is 1. The molecule has 1 aromatic carbocycles. The zero-order chi connectivity index (χ0) is 15.9. The molecule has 1 unspecified atom stereocenters. The van der Waals surface area contributed by atoms with Gasteiger partial charge in [-0.15, -0.1) is 5.10 Å². The molecule has 1 atom stereocenters. The smallest absolute Gasteiger partial charge is 0.284 e. The van der Waals surface area contributed by atoms with E-state index in [2.05, 4.69) is 10.2 Å². The highest BCUT2D eigenvalue weighted by molar-refractivity contribution is 7.71. The first kappa shape index (κ1) is 14.4. The first-order valence-corrected chi connectivity index (χ1v) is 6.97. The van der Waals surface area contributed by atoms with Crippen LogP contribution >= 0.6 is 12.2 Å². The maximum absolute atomic E-state index is 12.2. The van der Waals surface area contributed by atoms with Crippen LogP contribution in [0.4, 0.5) is 11.4 Å². The first-order valence-electron chi connectivity index (χ1n) is 6.56. The van der Waals surface area contributed by atoms with E-state index in [4.69, 9.17) is 16.6 Å². The van der Waals surface area contributed by atoms with E-state index in [-0.39, 0.29) is 28.8 Å². The molecular formula is C13H12N4O4S. The van der Waals surface area contributed by atoms with Crippen LogP contribution in [0.1, 0.15) is 23.8 Å². The summed E-state index contributed by atoms with van der Waals surface area (Å²) in [4.78, 5) is 24.4. The number of anilines is 1. The van der Waals surface area contributed by atoms with E-state index in [0.29, 0.717) is 18.1 Å². The zero-order valence-electron chi connectivity index (χ0n) is 11.6. The first-order chi connectivity index (χ1) is 10.5. The average molecular weight is 320 g/mol. The molecule has 2 aromatic rings. The van der Waals surface area contributed by atoms with Gasteiger partial charge in [-0.2, -0.15) is 0 Å². The zero-order valence-corrected chi connectivity index (χ0v) is 12.4. The van der Waals surface area contributed by atoms with Crippen molar-refractivity contribution in [3.8, 4) is 0 Å². The Bertz CT molecular complexity index is 812. The van der Waals surface area contributed by atoms with Crippen molar-refractivity contribution in [2.45, 2.75) is 19.3 Å². The molecule has 22 heavy (non-hydrogen) atoms. The molecule has 8 nitrogen and oxygen atoms in total. The molecule has 0 radical (unpaired) electrons. The van der Waals surface area contributed by atoms with Gasteiger partial charge in [-0.05, 0) is 24.7 Å². The number of amides is 1. The largest absolute Gasteiger partial charge is 0.414 e. The number of H-pyrrole nitrogens is 1. The lowest BCUT2D eigenvalue weighted by Gasteiger charge is -2.18. The van der Waals surface area contributed by atoms with Crippen LogP contribution in [-0.2, 0) is 4.79 Å². The third-order valence-corrected chi connectivity index (χ3v) is 3.80. The fourth-order valence-electron chi connectivity index (χ4n) is 2.52. The van der Waals surface area contributed by atoms with Crippen molar-refractivity contribution >= 4 is 29.5 Å². The number of benzene rings is 1. The second-order valence-corrected chi connectivity index (χ2v) is 5.46. The Morgan fingerprint density at radius 2 is 2.32 bits per heavy atom. The van der Waals surface area contributed by atoms with E-state index in [9.17, 15) is 14.9 Å². The van der Waals surface area contributed by atoms with Gasteiger partial charge in [0.25, 0.3) is 10.5 Å². The molecule has 1 aromatic heterocycles. The Balaban J connectivity index is 1.92. The van der Waals surface area contributed by atoms with E-state index >= 15 is 0 Å². The minimum Gasteiger partial charge on any atom is -0.414 e. The summed E-state index contributed by atoms with van der Waals surface area (Å²) in [5, 5.41) is 17.4. The molecule has 0 spiro atoms. The van der Waals surface area contributed by atoms with E-state index < -0.39 is 4.92 Å². The van der Waals surface area contributed by atoms with Gasteiger partial charge in [0.15, 0.2) is 0 Å². The predicted molar refractivity (Wildman–Crippen MR) is 79.2 cm³/mol. The fraction of sp³-hybridized carbons (Fsp3) is 0.308. The van der Waals surface area contributed by atoms with Gasteiger partial charge in [0.2, 0.25) is 11.8 Å². The van der Waals surface area contributed by atoms with Gasteiger partial charge in [0, 0.05) is 25.1 Å². The second-order valence-electron chi connectivity index (χ2n) is 5.08. The number of nitrogens with one attached hydrogen (secondary N) is 1. The molecule has 2 heterocycles. The van der Waals surface area contributed by atoms with Gasteiger partial charge in [0.1, 0.15) is 0 Å². The Morgan fingerprint density at radius 3 is 2.95 bits per heavy atom. The highest BCUT2D eigenvalue weighted by atomic mass is 32.1. The summed E-state index contributed by atoms with van der Waals surface area (Å²) < 4.78 is 5.25. The van der Waals surface area contributed by atoms with E-state index in [1.807, 2.05) is 0 Å². The predicted octanol–water partition coefficient (Wildman–Crippen LogP) is 2.47. The van der Waals surface area contributed by atoms with Gasteiger partial charge in [0.05, 0.1) is 16.5 Å². The summed E-state index contributed by atoms with van der Waals surface area (Å²) in [5.74, 6) is 0.0285. The van der Waals surface area contributed by atoms with Gasteiger partial charge < -0.3 is 9.32 Å². The van der Waals surface area contributed by atoms with Crippen molar-refractivity contribution in [3.63, 3.8) is 0 Å². The number of carbonyl (C=O) groups is 1. The fourth-order valence-corrected chi connectivity index (χ4v) is 2.65. The number of aromatic amines is 1. The Morgan fingerprint density at radius 1 is 1.55 bits per heavy atom. The molecule has 1 N–H and O–H groups in total. The minimum absolute atomic E-state index is 0.0471. The van der Waals surface area contributed by atoms with Crippen molar-refractivity contribution in [2.75, 3.05) is 11.4 Å². The number of rotatable bonds is 3. The second kappa shape index (κ2) is 5.34. The molecule has 0 aliphatic carbocycles. The normalized spacial score (nSPS) is 18.0. The molecule has 1 saturated heterocycles. The van der Waals surface area contributed by atoms with Crippen LogP contribution < -0.4 is 4.90 Å². The number of hydrogen-bond donors (Lipinski definition) is 1. The molecule has 0 bridgehead atoms. The molecule has 3 rings (SSSR count). The van der Waals surface area contributed by atoms with Crippen molar-refractivity contribution in [1.82, 2.24) is 10.2 Å². The Labute approximate surface area is 129 Å². The topological polar surface area (TPSA) is 105 Å². The number of aryl methyl sites for hydroxylation is 1. The number of hydrogen-bond acceptors (Lipinski definition) is 6. The molecule has 1 amide bonds. The number of aromatic nitrogens is 2. The van der Waals surface area contributed by atoms with E-state index in [1.54, 1.807) is 13.0 Å². The lowest BCUT2D eigenvalue weighted by molar-refractivity contribution is -0.384. The molecular weight excluding hydrogens is 308 g/mol. The van der Waals surface area contributed by atoms with Crippen LogP contribution in [0.5, 0.6) is 0 Å². The van der Waals surface area contributed by atoms with Crippen LogP contribution in [0, 0.1) is 21.9 Å². The highest BCUT2D eigenvalue weighted by Crippen LogP contribution is 2.34. The summed E-state index contributed by atoms with van der Waals surface area (Å²) in [5.41, 5.74) is 1.28. The standard InChI is InChI=1S/C13H12N4O4S/c1-7-2-3-9(17(19)20)5-10(7)16-6-8(4-11(16)18)12-14-15-13(22)21-12/h2-3,5,8H,4,6H2,1H3,(H,15,22). The molecule has 9 heteroatoms. The van der Waals surface area contributed by atoms with Crippen LogP contribution in [-0.4, -0.2) is 27.6 Å². The summed E-state index contributed by atoms with van der Waals surface area (Å²) in [6.45, 7) is 2.16.